The minimum atomic E-state index is 0. The molecule has 7 heteroatoms. The Bertz CT molecular complexity index is 149. The molecule has 0 N–H and O–H groups in total. The summed E-state index contributed by atoms with van der Waals surface area (Å²) in [6.07, 6.45) is 20.0. The Hall–Kier alpha value is 0.518. The molecule has 2 fully saturated rings. The van der Waals surface area contributed by atoms with E-state index < -0.39 is 0 Å². The third-order valence-corrected chi connectivity index (χ3v) is 1.11. The Labute approximate surface area is 160 Å². The van der Waals surface area contributed by atoms with Gasteiger partial charge in [-0.3, -0.25) is 0 Å². The van der Waals surface area contributed by atoms with E-state index >= 15 is 0 Å². The molecule has 2 rings (SSSR count). The molecule has 0 aromatic carbocycles. The van der Waals surface area contributed by atoms with Crippen LogP contribution < -0.4 is 0 Å². The van der Waals surface area contributed by atoms with E-state index in [0.717, 1.165) is 0 Å². The van der Waals surface area contributed by atoms with E-state index in [4.69, 9.17) is 18.6 Å². The van der Waals surface area contributed by atoms with Gasteiger partial charge in [0.25, 0.3) is 0 Å². The fraction of sp³-hybridized carbons (Fsp3) is 0. The fourth-order valence-electron chi connectivity index (χ4n) is 0.642. The van der Waals surface area contributed by atoms with Crippen molar-refractivity contribution in [3.05, 3.63) is 90.8 Å². The van der Waals surface area contributed by atoms with Gasteiger partial charge in [0.2, 0.25) is 0 Å². The Morgan fingerprint density at radius 3 is 0.429 bits per heavy atom. The van der Waals surface area contributed by atoms with Crippen LogP contribution in [0.25, 0.3) is 0 Å². The van der Waals surface area contributed by atoms with Crippen LogP contribution in [0.3, 0.4) is 0 Å². The van der Waals surface area contributed by atoms with Crippen LogP contribution in [-0.4, -0.2) is 17.1 Å². The molecule has 0 unspecified atom stereocenters. The van der Waals surface area contributed by atoms with Crippen LogP contribution in [-0.2, 0) is 52.7 Å². The maximum absolute atomic E-state index is 7.50. The summed E-state index contributed by atoms with van der Waals surface area (Å²) in [5.74, 6) is 0. The van der Waals surface area contributed by atoms with Gasteiger partial charge in [-0.05, 0) is 64.2 Å². The van der Waals surface area contributed by atoms with Gasteiger partial charge in [0.05, 0.1) is 0 Å². The van der Waals surface area contributed by atoms with E-state index in [0.29, 0.717) is 0 Å². The van der Waals surface area contributed by atoms with Crippen molar-refractivity contribution >= 4 is 17.1 Å². The Kier molecular flexibility index (Phi) is 145. The molecule has 2 aliphatic carbocycles. The largest absolute Gasteiger partial charge is 0.0312 e. The van der Waals surface area contributed by atoms with Gasteiger partial charge in [0.15, 0.2) is 0 Å². The van der Waals surface area contributed by atoms with Crippen molar-refractivity contribution in [3.8, 4) is 0 Å². The van der Waals surface area contributed by atoms with E-state index in [-0.39, 0.29) is 51.2 Å². The average Bonchev–Trinajstić information content (AvgIpc) is 3.25. The first-order valence-electron chi connectivity index (χ1n) is 4.15. The molecule has 4 nitrogen and oxygen atoms in total. The molecule has 2 aliphatic rings. The second-order valence-electron chi connectivity index (χ2n) is 1.92. The van der Waals surface area contributed by atoms with E-state index in [1.165, 1.54) is 0 Å². The molecule has 0 aliphatic heterocycles. The smallest absolute Gasteiger partial charge is 0 e. The molecule has 112 valence electrons. The van der Waals surface area contributed by atoms with Gasteiger partial charge in [-0.1, -0.05) is 0 Å². The van der Waals surface area contributed by atoms with Crippen molar-refractivity contribution in [3.63, 3.8) is 0 Å². The van der Waals surface area contributed by atoms with Gasteiger partial charge in [-0.2, -0.15) is 0 Å². The summed E-state index contributed by atoms with van der Waals surface area (Å²) in [5, 5.41) is 0. The van der Waals surface area contributed by atoms with Crippen molar-refractivity contribution in [2.45, 2.75) is 0 Å². The zero-order valence-corrected chi connectivity index (χ0v) is 14.4. The van der Waals surface area contributed by atoms with Crippen molar-refractivity contribution in [1.82, 2.24) is 0 Å². The molecule has 0 aromatic rings. The third kappa shape index (κ3) is 63.6. The van der Waals surface area contributed by atoms with Crippen LogP contribution in [0.15, 0.2) is 0 Å². The third-order valence-electron chi connectivity index (χ3n) is 1.11. The van der Waals surface area contributed by atoms with Crippen molar-refractivity contribution in [2.75, 3.05) is 0 Å². The SMILES string of the molecule is [C-]#[O+].[C-]#[O+].[C-]#[O+].[C-]#[O+].[CH]1[CH][CH][CH][CH]1.[CH]1[CH][CH][CH][CH]1.[Fe].[Fe].[Se]. The van der Waals surface area contributed by atoms with Gasteiger partial charge in [0.1, 0.15) is 0 Å². The molecule has 0 heterocycles. The minimum Gasteiger partial charge on any atom is -0.0312 e. The predicted molar refractivity (Wildman–Crippen MR) is 64.5 cm³/mol. The molecule has 0 atom stereocenters. The monoisotopic (exact) mass is 434 g/mol. The summed E-state index contributed by atoms with van der Waals surface area (Å²) in [6, 6.07) is 0. The number of rotatable bonds is 0. The first-order chi connectivity index (χ1) is 9.00. The fourth-order valence-corrected chi connectivity index (χ4v) is 0.642. The first-order valence-corrected chi connectivity index (χ1v) is 4.15. The van der Waals surface area contributed by atoms with Crippen LogP contribution in [0.5, 0.6) is 0 Å². The molecule has 2 saturated carbocycles. The van der Waals surface area contributed by atoms with Crippen molar-refractivity contribution < 1.29 is 52.7 Å². The predicted octanol–water partition coefficient (Wildman–Crippen LogP) is 1.51. The molecule has 0 spiro atoms. The molecule has 0 saturated heterocycles. The first kappa shape index (κ1) is 43.0. The molecule has 0 bridgehead atoms. The van der Waals surface area contributed by atoms with Gasteiger partial charge < -0.3 is 0 Å². The Morgan fingerprint density at radius 1 is 0.333 bits per heavy atom. The van der Waals surface area contributed by atoms with Gasteiger partial charge in [-0.15, -0.1) is 0 Å². The second kappa shape index (κ2) is 70.7. The minimum absolute atomic E-state index is 0. The van der Waals surface area contributed by atoms with E-state index in [2.05, 4.69) is 26.6 Å². The summed E-state index contributed by atoms with van der Waals surface area (Å²) >= 11 is 0. The average molecular weight is 433 g/mol. The van der Waals surface area contributed by atoms with Gasteiger partial charge in [0, 0.05) is 51.2 Å². The van der Waals surface area contributed by atoms with Crippen LogP contribution >= 0.6 is 0 Å². The normalized spacial score (nSPS) is 11.8. The van der Waals surface area contributed by atoms with Crippen LogP contribution in [0, 0.1) is 90.8 Å². The summed E-state index contributed by atoms with van der Waals surface area (Å²) in [6.45, 7) is 18.0. The number of hydrogen-bond acceptors (Lipinski definition) is 0. The van der Waals surface area contributed by atoms with Crippen molar-refractivity contribution in [1.29, 1.82) is 0 Å². The summed E-state index contributed by atoms with van der Waals surface area (Å²) in [4.78, 5) is 0. The van der Waals surface area contributed by atoms with E-state index in [9.17, 15) is 0 Å². The molecule has 0 aromatic heterocycles. The van der Waals surface area contributed by atoms with Gasteiger partial charge >= 0.3 is 45.2 Å². The summed E-state index contributed by atoms with van der Waals surface area (Å²) in [5.41, 5.74) is 0. The Morgan fingerprint density at radius 2 is 0.381 bits per heavy atom. The quantitative estimate of drug-likeness (QED) is 0.316. The van der Waals surface area contributed by atoms with E-state index in [1.807, 2.05) is 64.2 Å². The van der Waals surface area contributed by atoms with Crippen LogP contribution in [0.2, 0.25) is 0 Å². The molecular weight excluding hydrogens is 423 g/mol. The summed E-state index contributed by atoms with van der Waals surface area (Å²) < 4.78 is 30.0. The maximum Gasteiger partial charge on any atom is 0 e. The molecular formula is C14H10Fe2O4Se. The zero-order chi connectivity index (χ0) is 15.1. The zero-order valence-electron chi connectivity index (χ0n) is 10.5. The maximum atomic E-state index is 7.50. The number of hydrogen-bond donors (Lipinski definition) is 0. The topological polar surface area (TPSA) is 79.6 Å². The molecule has 21 heavy (non-hydrogen) atoms. The molecule has 12 radical (unpaired) electrons. The van der Waals surface area contributed by atoms with Crippen LogP contribution in [0.4, 0.5) is 0 Å². The van der Waals surface area contributed by atoms with Crippen LogP contribution in [0.1, 0.15) is 0 Å². The van der Waals surface area contributed by atoms with Gasteiger partial charge in [-0.25, -0.2) is 0 Å². The summed E-state index contributed by atoms with van der Waals surface area (Å²) in [7, 11) is 0. The Balaban J connectivity index is -0.0000000234. The second-order valence-corrected chi connectivity index (χ2v) is 1.92. The van der Waals surface area contributed by atoms with Crippen molar-refractivity contribution in [2.24, 2.45) is 0 Å². The standard InChI is InChI=1S/2C5H5.4CO.2Fe.Se/c2*1-2-4-5-3-1;4*1-2;;;/h2*1-5H;;;;;;;. The van der Waals surface area contributed by atoms with E-state index in [1.54, 1.807) is 0 Å². The molecule has 0 amide bonds.